The molecule has 1 saturated heterocycles. The van der Waals surface area contributed by atoms with E-state index in [0.717, 1.165) is 0 Å². The number of amides is 1. The molecule has 2 aromatic rings. The zero-order valence-electron chi connectivity index (χ0n) is 14.2. The van der Waals surface area contributed by atoms with E-state index >= 15 is 0 Å². The van der Waals surface area contributed by atoms with E-state index in [9.17, 15) is 19.3 Å². The van der Waals surface area contributed by atoms with Crippen LogP contribution in [0.5, 0.6) is 0 Å². The molecule has 0 unspecified atom stereocenters. The highest BCUT2D eigenvalue weighted by Gasteiger charge is 2.25. The van der Waals surface area contributed by atoms with E-state index in [1.54, 1.807) is 12.1 Å². The van der Waals surface area contributed by atoms with Crippen LogP contribution >= 0.6 is 11.6 Å². The number of carbonyl (C=O) groups excluding carboxylic acids is 1. The number of aromatic nitrogens is 1. The van der Waals surface area contributed by atoms with Gasteiger partial charge in [0, 0.05) is 30.8 Å². The highest BCUT2D eigenvalue weighted by Crippen LogP contribution is 2.31. The Hall–Kier alpha value is -2.94. The number of anilines is 3. The molecule has 1 aliphatic heterocycles. The summed E-state index contributed by atoms with van der Waals surface area (Å²) in [5.41, 5.74) is 5.76. The van der Waals surface area contributed by atoms with Crippen molar-refractivity contribution in [2.45, 2.75) is 12.8 Å². The van der Waals surface area contributed by atoms with Gasteiger partial charge in [-0.25, -0.2) is 9.37 Å². The van der Waals surface area contributed by atoms with Crippen LogP contribution in [0, 0.1) is 21.8 Å². The number of rotatable bonds is 5. The third-order valence-corrected chi connectivity index (χ3v) is 4.70. The van der Waals surface area contributed by atoms with Crippen molar-refractivity contribution >= 4 is 40.4 Å². The summed E-state index contributed by atoms with van der Waals surface area (Å²) in [5, 5.41) is 13.9. The highest BCUT2D eigenvalue weighted by molar-refractivity contribution is 6.29. The van der Waals surface area contributed by atoms with Crippen molar-refractivity contribution in [3.8, 4) is 0 Å². The van der Waals surface area contributed by atoms with E-state index < -0.39 is 10.7 Å². The highest BCUT2D eigenvalue weighted by atomic mass is 35.5. The topological polar surface area (TPSA) is 114 Å². The Balaban J connectivity index is 1.77. The summed E-state index contributed by atoms with van der Waals surface area (Å²) in [7, 11) is 0. The first-order chi connectivity index (χ1) is 12.8. The molecule has 2 heterocycles. The van der Waals surface area contributed by atoms with Crippen molar-refractivity contribution in [1.29, 1.82) is 0 Å². The van der Waals surface area contributed by atoms with E-state index in [4.69, 9.17) is 17.3 Å². The van der Waals surface area contributed by atoms with E-state index in [2.05, 4.69) is 10.3 Å². The summed E-state index contributed by atoms with van der Waals surface area (Å²) in [6.07, 6.45) is 1.15. The molecule has 27 heavy (non-hydrogen) atoms. The molecule has 0 spiro atoms. The average molecular weight is 394 g/mol. The number of nitrogens with zero attached hydrogens (tertiary/aromatic N) is 3. The quantitative estimate of drug-likeness (QED) is 0.458. The fourth-order valence-electron chi connectivity index (χ4n) is 3.05. The number of nitro groups is 1. The Morgan fingerprint density at radius 2 is 2.04 bits per heavy atom. The molecule has 0 aliphatic carbocycles. The van der Waals surface area contributed by atoms with Crippen molar-refractivity contribution in [3.05, 3.63) is 51.4 Å². The fraction of sp³-hybridized carbons (Fsp3) is 0.294. The van der Waals surface area contributed by atoms with Gasteiger partial charge in [0.1, 0.15) is 11.0 Å². The molecule has 0 atom stereocenters. The average Bonchev–Trinajstić information content (AvgIpc) is 2.62. The van der Waals surface area contributed by atoms with Crippen LogP contribution in [0.25, 0.3) is 0 Å². The summed E-state index contributed by atoms with van der Waals surface area (Å²) < 4.78 is 14.6. The minimum atomic E-state index is -0.598. The summed E-state index contributed by atoms with van der Waals surface area (Å²) in [4.78, 5) is 27.5. The number of hydrogen-bond donors (Lipinski definition) is 2. The van der Waals surface area contributed by atoms with Crippen LogP contribution in [0.2, 0.25) is 5.15 Å². The number of pyridine rings is 1. The Bertz CT molecular complexity index is 887. The minimum Gasteiger partial charge on any atom is -0.369 e. The maximum Gasteiger partial charge on any atom is 0.311 e. The molecular formula is C17H17ClFN5O3. The van der Waals surface area contributed by atoms with Gasteiger partial charge in [0.25, 0.3) is 0 Å². The van der Waals surface area contributed by atoms with Gasteiger partial charge in [-0.1, -0.05) is 11.6 Å². The van der Waals surface area contributed by atoms with Gasteiger partial charge in [-0.2, -0.15) is 0 Å². The second kappa shape index (κ2) is 7.75. The maximum absolute atomic E-state index is 14.6. The van der Waals surface area contributed by atoms with Crippen LogP contribution in [0.1, 0.15) is 12.8 Å². The SMILES string of the molecule is NC(=O)C1CCN(c2ccc(Nc3nc(Cl)ccc3[N+](=O)[O-])cc2F)CC1. The lowest BCUT2D eigenvalue weighted by Crippen LogP contribution is -2.38. The van der Waals surface area contributed by atoms with Crippen molar-refractivity contribution in [2.75, 3.05) is 23.3 Å². The van der Waals surface area contributed by atoms with E-state index in [1.807, 2.05) is 4.90 Å². The lowest BCUT2D eigenvalue weighted by molar-refractivity contribution is -0.384. The van der Waals surface area contributed by atoms with E-state index in [1.165, 1.54) is 18.2 Å². The van der Waals surface area contributed by atoms with Crippen LogP contribution in [0.15, 0.2) is 30.3 Å². The van der Waals surface area contributed by atoms with Crippen LogP contribution in [0.4, 0.5) is 27.3 Å². The van der Waals surface area contributed by atoms with Crippen LogP contribution in [-0.2, 0) is 4.79 Å². The minimum absolute atomic E-state index is 0.0677. The molecule has 1 amide bonds. The maximum atomic E-state index is 14.6. The predicted molar refractivity (Wildman–Crippen MR) is 99.7 cm³/mol. The molecule has 3 N–H and O–H groups in total. The third-order valence-electron chi connectivity index (χ3n) is 4.49. The van der Waals surface area contributed by atoms with Crippen LogP contribution in [0.3, 0.4) is 0 Å². The van der Waals surface area contributed by atoms with E-state index in [-0.39, 0.29) is 28.5 Å². The number of nitrogens with two attached hydrogens (primary N) is 1. The van der Waals surface area contributed by atoms with Gasteiger partial charge >= 0.3 is 5.69 Å². The number of piperidine rings is 1. The Labute approximate surface area is 159 Å². The standard InChI is InChI=1S/C17H17ClFN5O3/c18-15-4-3-14(24(26)27)17(22-15)21-11-1-2-13(12(19)9-11)23-7-5-10(6-8-23)16(20)25/h1-4,9-10H,5-8H2,(H2,20,25)(H,21,22). The number of carbonyl (C=O) groups is 1. The molecular weight excluding hydrogens is 377 g/mol. The number of benzene rings is 1. The first-order valence-electron chi connectivity index (χ1n) is 8.27. The summed E-state index contributed by atoms with van der Waals surface area (Å²) in [6.45, 7) is 1.05. The summed E-state index contributed by atoms with van der Waals surface area (Å²) in [6, 6.07) is 6.96. The Morgan fingerprint density at radius 1 is 1.33 bits per heavy atom. The normalized spacial score (nSPS) is 14.8. The van der Waals surface area contributed by atoms with Crippen molar-refractivity contribution in [2.24, 2.45) is 11.7 Å². The van der Waals surface area contributed by atoms with Crippen molar-refractivity contribution in [1.82, 2.24) is 4.98 Å². The molecule has 1 aliphatic rings. The van der Waals surface area contributed by atoms with Gasteiger partial charge in [0.15, 0.2) is 0 Å². The van der Waals surface area contributed by atoms with Crippen LogP contribution in [-0.4, -0.2) is 28.9 Å². The van der Waals surface area contributed by atoms with E-state index in [0.29, 0.717) is 37.3 Å². The van der Waals surface area contributed by atoms with Crippen molar-refractivity contribution in [3.63, 3.8) is 0 Å². The van der Waals surface area contributed by atoms with Gasteiger partial charge < -0.3 is 16.0 Å². The molecule has 0 radical (unpaired) electrons. The summed E-state index contributed by atoms with van der Waals surface area (Å²) in [5.74, 6) is -1.06. The third kappa shape index (κ3) is 4.25. The molecule has 1 aromatic heterocycles. The van der Waals surface area contributed by atoms with Gasteiger partial charge in [-0.05, 0) is 37.1 Å². The fourth-order valence-corrected chi connectivity index (χ4v) is 3.20. The van der Waals surface area contributed by atoms with Crippen molar-refractivity contribution < 1.29 is 14.1 Å². The lowest BCUT2D eigenvalue weighted by Gasteiger charge is -2.32. The van der Waals surface area contributed by atoms with Gasteiger partial charge in [-0.3, -0.25) is 14.9 Å². The monoisotopic (exact) mass is 393 g/mol. The number of hydrogen-bond acceptors (Lipinski definition) is 6. The van der Waals surface area contributed by atoms with Crippen LogP contribution < -0.4 is 16.0 Å². The largest absolute Gasteiger partial charge is 0.369 e. The molecule has 10 heteroatoms. The zero-order valence-corrected chi connectivity index (χ0v) is 14.9. The molecule has 0 bridgehead atoms. The van der Waals surface area contributed by atoms with Gasteiger partial charge in [0.05, 0.1) is 10.6 Å². The molecule has 1 fully saturated rings. The number of halogens is 2. The molecule has 1 aromatic carbocycles. The molecule has 8 nitrogen and oxygen atoms in total. The molecule has 0 saturated carbocycles. The first kappa shape index (κ1) is 18.8. The van der Waals surface area contributed by atoms with Gasteiger partial charge in [-0.15, -0.1) is 0 Å². The Kier molecular flexibility index (Phi) is 5.41. The lowest BCUT2D eigenvalue weighted by atomic mass is 9.96. The number of nitrogens with one attached hydrogen (secondary N) is 1. The first-order valence-corrected chi connectivity index (χ1v) is 8.64. The Morgan fingerprint density at radius 3 is 2.63 bits per heavy atom. The van der Waals surface area contributed by atoms with Gasteiger partial charge in [0.2, 0.25) is 11.7 Å². The second-order valence-corrected chi connectivity index (χ2v) is 6.60. The molecule has 142 valence electrons. The zero-order chi connectivity index (χ0) is 19.6. The molecule has 3 rings (SSSR count). The predicted octanol–water partition coefficient (Wildman–Crippen LogP) is 3.23. The summed E-state index contributed by atoms with van der Waals surface area (Å²) >= 11 is 5.79. The smallest absolute Gasteiger partial charge is 0.311 e. The number of primary amides is 1. The second-order valence-electron chi connectivity index (χ2n) is 6.21.